The van der Waals surface area contributed by atoms with Crippen LogP contribution in [0.1, 0.15) is 25.0 Å². The van der Waals surface area contributed by atoms with E-state index in [0.29, 0.717) is 0 Å². The summed E-state index contributed by atoms with van der Waals surface area (Å²) in [4.78, 5) is 5.09. The van der Waals surface area contributed by atoms with Gasteiger partial charge in [0.05, 0.1) is 0 Å². The Balaban J connectivity index is 1.01. The first-order valence-corrected chi connectivity index (χ1v) is 33.3. The van der Waals surface area contributed by atoms with Gasteiger partial charge in [0.25, 0.3) is 0 Å². The van der Waals surface area contributed by atoms with Crippen molar-refractivity contribution in [1.29, 1.82) is 0 Å². The molecular formula is C73H58N2Si2. The van der Waals surface area contributed by atoms with E-state index >= 15 is 0 Å². The number of hydrogen-bond donors (Lipinski definition) is 0. The molecule has 12 aromatic rings. The Hall–Kier alpha value is -8.55. The molecule has 0 amide bonds. The third-order valence-electron chi connectivity index (χ3n) is 18.0. The predicted octanol–water partition coefficient (Wildman–Crippen LogP) is 17.7. The molecule has 12 aromatic carbocycles. The van der Waals surface area contributed by atoms with Crippen LogP contribution >= 0.6 is 0 Å². The Bertz CT molecular complexity index is 4350. The van der Waals surface area contributed by atoms with Crippen LogP contribution in [-0.2, 0) is 5.41 Å². The zero-order valence-electron chi connectivity index (χ0n) is 44.5. The second-order valence-electron chi connectivity index (χ2n) is 23.3. The molecule has 15 rings (SSSR count). The van der Waals surface area contributed by atoms with E-state index < -0.39 is 16.1 Å². The van der Waals surface area contributed by atoms with Crippen molar-refractivity contribution in [2.75, 3.05) is 9.80 Å². The highest BCUT2D eigenvalue weighted by atomic mass is 28.3. The average molecular weight is 1020 g/mol. The summed E-state index contributed by atoms with van der Waals surface area (Å²) in [7, 11) is -4.03. The highest BCUT2D eigenvalue weighted by Gasteiger charge is 2.40. The van der Waals surface area contributed by atoms with Crippen molar-refractivity contribution in [3.05, 3.63) is 254 Å². The maximum atomic E-state index is 2.54. The van der Waals surface area contributed by atoms with Crippen LogP contribution < -0.4 is 30.5 Å². The molecule has 0 aromatic heterocycles. The smallest absolute Gasteiger partial charge is 0.117 e. The molecule has 0 bridgehead atoms. The van der Waals surface area contributed by atoms with Gasteiger partial charge >= 0.3 is 0 Å². The van der Waals surface area contributed by atoms with Crippen LogP contribution in [0.25, 0.3) is 76.8 Å². The number of para-hydroxylation sites is 4. The second-order valence-corrected chi connectivity index (χ2v) is 31.9. The summed E-state index contributed by atoms with van der Waals surface area (Å²) < 4.78 is 0. The molecule has 0 saturated carbocycles. The van der Waals surface area contributed by atoms with Crippen molar-refractivity contribution in [3.8, 4) is 44.5 Å². The Morgan fingerprint density at radius 3 is 1.26 bits per heavy atom. The minimum absolute atomic E-state index is 0.0380. The third kappa shape index (κ3) is 6.71. The molecule has 4 heteroatoms. The van der Waals surface area contributed by atoms with E-state index in [1.165, 1.54) is 131 Å². The number of hydrogen-bond acceptors (Lipinski definition) is 2. The normalized spacial score (nSPS) is 15.1. The van der Waals surface area contributed by atoms with E-state index in [1.807, 2.05) is 0 Å². The molecule has 2 aliphatic heterocycles. The summed E-state index contributed by atoms with van der Waals surface area (Å²) >= 11 is 0. The first-order valence-electron chi connectivity index (χ1n) is 27.3. The lowest BCUT2D eigenvalue weighted by atomic mass is 9.82. The third-order valence-corrected chi connectivity index (χ3v) is 25.1. The van der Waals surface area contributed by atoms with Crippen LogP contribution in [0.4, 0.5) is 34.1 Å². The Morgan fingerprint density at radius 1 is 0.299 bits per heavy atom. The fraction of sp³-hybridized carbons (Fsp3) is 0.0959. The monoisotopic (exact) mass is 1020 g/mol. The molecule has 0 radical (unpaired) electrons. The molecule has 0 atom stereocenters. The lowest BCUT2D eigenvalue weighted by Gasteiger charge is -2.41. The van der Waals surface area contributed by atoms with E-state index in [-0.39, 0.29) is 5.41 Å². The minimum atomic E-state index is -2.02. The van der Waals surface area contributed by atoms with Gasteiger partial charge in [-0.2, -0.15) is 0 Å². The average Bonchev–Trinajstić information content (AvgIpc) is 3.82. The highest BCUT2D eigenvalue weighted by Crippen LogP contribution is 2.52. The largest absolute Gasteiger partial charge is 0.311 e. The van der Waals surface area contributed by atoms with Crippen molar-refractivity contribution in [3.63, 3.8) is 0 Å². The lowest BCUT2D eigenvalue weighted by molar-refractivity contribution is 0.660. The van der Waals surface area contributed by atoms with E-state index in [9.17, 15) is 0 Å². The van der Waals surface area contributed by atoms with Crippen LogP contribution in [0.15, 0.2) is 243 Å². The van der Waals surface area contributed by atoms with Crippen molar-refractivity contribution >= 4 is 103 Å². The van der Waals surface area contributed by atoms with Gasteiger partial charge in [0.2, 0.25) is 0 Å². The molecular weight excluding hydrogens is 961 g/mol. The van der Waals surface area contributed by atoms with Gasteiger partial charge < -0.3 is 9.80 Å². The standard InChI is InChI=1S/C73H58N2Si2/c1-73(2)61-22-10-9-21-55(61)58-44-51(37-42-62(58)73)48-31-34-49(35-32-48)71-56-40-38-54(75-65-25-13-17-29-69(65)77(5,6)70-30-18-14-26-66(70)75)46-60(56)72(52-36-33-47-19-7-8-20-50(47)43-52)57-41-39-53(45-59(57)71)74-63-23-11-15-27-67(63)76(3,4)68-28-16-12-24-64(68)74/h7-46H,1-6H3. The predicted molar refractivity (Wildman–Crippen MR) is 336 cm³/mol. The van der Waals surface area contributed by atoms with E-state index in [0.717, 1.165) is 11.4 Å². The summed E-state index contributed by atoms with van der Waals surface area (Å²) in [6, 6.07) is 92.7. The van der Waals surface area contributed by atoms with Gasteiger partial charge in [-0.05, 0) is 169 Å². The quantitative estimate of drug-likeness (QED) is 0.125. The zero-order chi connectivity index (χ0) is 52.0. The lowest BCUT2D eigenvalue weighted by Crippen LogP contribution is -2.58. The van der Waals surface area contributed by atoms with Crippen molar-refractivity contribution in [2.24, 2.45) is 0 Å². The van der Waals surface area contributed by atoms with Crippen molar-refractivity contribution < 1.29 is 0 Å². The second kappa shape index (κ2) is 16.7. The molecule has 1 aliphatic carbocycles. The maximum absolute atomic E-state index is 2.54. The number of benzene rings is 12. The van der Waals surface area contributed by atoms with E-state index in [4.69, 9.17) is 0 Å². The SMILES string of the molecule is CC1(C)c2ccccc2-c2cc(-c3ccc(-c4c5ccc(N6c7ccccc7[Si](C)(C)c7ccccc76)cc5c(-c5ccc6ccccc6c5)c5ccc(N6c7ccccc7[Si](C)(C)c7ccccc76)cc45)cc3)ccc21. The maximum Gasteiger partial charge on any atom is 0.117 e. The molecule has 3 aliphatic rings. The van der Waals surface area contributed by atoms with Crippen LogP contribution in [0.2, 0.25) is 26.2 Å². The Labute approximate surface area is 454 Å². The van der Waals surface area contributed by atoms with Crippen LogP contribution in [0.3, 0.4) is 0 Å². The Morgan fingerprint density at radius 2 is 0.714 bits per heavy atom. The van der Waals surface area contributed by atoms with Crippen LogP contribution in [-0.4, -0.2) is 16.1 Å². The highest BCUT2D eigenvalue weighted by molar-refractivity contribution is 7.03. The molecule has 77 heavy (non-hydrogen) atoms. The summed E-state index contributed by atoms with van der Waals surface area (Å²) in [6.45, 7) is 14.7. The molecule has 2 nitrogen and oxygen atoms in total. The van der Waals surface area contributed by atoms with Gasteiger partial charge in [-0.3, -0.25) is 0 Å². The van der Waals surface area contributed by atoms with Crippen LogP contribution in [0, 0.1) is 0 Å². The topological polar surface area (TPSA) is 6.48 Å². The Kier molecular flexibility index (Phi) is 9.95. The summed E-state index contributed by atoms with van der Waals surface area (Å²) in [5.41, 5.74) is 20.2. The van der Waals surface area contributed by atoms with Gasteiger partial charge in [-0.15, -0.1) is 0 Å². The summed E-state index contributed by atoms with van der Waals surface area (Å²) in [5.74, 6) is 0. The number of anilines is 6. The molecule has 0 N–H and O–H groups in total. The molecule has 0 spiro atoms. The number of fused-ring (bicyclic) bond motifs is 10. The summed E-state index contributed by atoms with van der Waals surface area (Å²) in [5, 5.41) is 13.2. The van der Waals surface area contributed by atoms with Gasteiger partial charge in [-0.25, -0.2) is 0 Å². The molecule has 368 valence electrons. The van der Waals surface area contributed by atoms with E-state index in [1.54, 1.807) is 0 Å². The van der Waals surface area contributed by atoms with Gasteiger partial charge in [-0.1, -0.05) is 222 Å². The first kappa shape index (κ1) is 45.8. The van der Waals surface area contributed by atoms with Gasteiger partial charge in [0.15, 0.2) is 0 Å². The van der Waals surface area contributed by atoms with Gasteiger partial charge in [0, 0.05) is 39.5 Å². The van der Waals surface area contributed by atoms with Gasteiger partial charge in [0.1, 0.15) is 16.1 Å². The first-order chi connectivity index (χ1) is 37.5. The fourth-order valence-electron chi connectivity index (χ4n) is 14.1. The zero-order valence-corrected chi connectivity index (χ0v) is 46.5. The number of rotatable bonds is 5. The molecule has 0 unspecified atom stereocenters. The van der Waals surface area contributed by atoms with Crippen molar-refractivity contribution in [2.45, 2.75) is 45.5 Å². The molecule has 0 saturated heterocycles. The van der Waals surface area contributed by atoms with Crippen molar-refractivity contribution in [1.82, 2.24) is 0 Å². The minimum Gasteiger partial charge on any atom is -0.311 e. The molecule has 0 fully saturated rings. The van der Waals surface area contributed by atoms with Crippen LogP contribution in [0.5, 0.6) is 0 Å². The fourth-order valence-corrected chi connectivity index (χ4v) is 20.0. The van der Waals surface area contributed by atoms with E-state index in [2.05, 4.69) is 292 Å². The number of nitrogens with zero attached hydrogens (tertiary/aromatic N) is 2. The summed E-state index contributed by atoms with van der Waals surface area (Å²) in [6.07, 6.45) is 0. The molecule has 2 heterocycles.